The number of carbonyl (C=O) groups is 3. The maximum Gasteiger partial charge on any atom is 0.307 e. The highest BCUT2D eigenvalue weighted by molar-refractivity contribution is 6.04. The molecule has 0 unspecified atom stereocenters. The van der Waals surface area contributed by atoms with E-state index in [1.165, 1.54) is 31.3 Å². The molecule has 1 amide bonds. The van der Waals surface area contributed by atoms with Crippen molar-refractivity contribution in [3.05, 3.63) is 99.2 Å². The first-order valence-electron chi connectivity index (χ1n) is 15.0. The van der Waals surface area contributed by atoms with Crippen molar-refractivity contribution in [1.82, 2.24) is 4.90 Å². The molecule has 242 valence electrons. The van der Waals surface area contributed by atoms with Crippen molar-refractivity contribution >= 4 is 28.8 Å². The molecule has 0 spiro atoms. The zero-order valence-corrected chi connectivity index (χ0v) is 26.8. The van der Waals surface area contributed by atoms with Crippen molar-refractivity contribution < 1.29 is 38.1 Å². The summed E-state index contributed by atoms with van der Waals surface area (Å²) in [4.78, 5) is 51.0. The minimum absolute atomic E-state index is 0.0225. The van der Waals surface area contributed by atoms with E-state index in [9.17, 15) is 24.3 Å². The third kappa shape index (κ3) is 7.12. The second kappa shape index (κ2) is 13.8. The van der Waals surface area contributed by atoms with Crippen LogP contribution in [-0.2, 0) is 19.1 Å². The van der Waals surface area contributed by atoms with E-state index < -0.39 is 11.9 Å². The second-order valence-electron chi connectivity index (χ2n) is 11.3. The van der Waals surface area contributed by atoms with Gasteiger partial charge in [-0.25, -0.2) is 0 Å². The van der Waals surface area contributed by atoms with Crippen LogP contribution in [0.2, 0.25) is 0 Å². The quantitative estimate of drug-likeness (QED) is 0.134. The summed E-state index contributed by atoms with van der Waals surface area (Å²) in [5.74, 6) is 0.392. The molecule has 0 atom stereocenters. The smallest absolute Gasteiger partial charge is 0.307 e. The highest BCUT2D eigenvalue weighted by Crippen LogP contribution is 2.42. The lowest BCUT2D eigenvalue weighted by molar-refractivity contribution is -0.140. The summed E-state index contributed by atoms with van der Waals surface area (Å²) in [7, 11) is 2.55. The standard InChI is InChI=1S/C37H35NO9/c1-21-16-24(37(43)38(14-12-33(40)44-4)15-13-34(41)45-5)6-9-28(21)35-29-10-7-25(39)19-31(29)47-32-20-26(8-11-30(32)35)46-27-17-22(2)36(42)23(3)18-27/h6-11,16-20,42H,12-15H2,1-5H3. The molecule has 1 aliphatic heterocycles. The van der Waals surface area contributed by atoms with Gasteiger partial charge >= 0.3 is 11.9 Å². The highest BCUT2D eigenvalue weighted by atomic mass is 16.5. The minimum Gasteiger partial charge on any atom is -0.507 e. The van der Waals surface area contributed by atoms with Crippen LogP contribution in [0.5, 0.6) is 17.2 Å². The molecular weight excluding hydrogens is 602 g/mol. The van der Waals surface area contributed by atoms with Gasteiger partial charge in [0, 0.05) is 47.3 Å². The van der Waals surface area contributed by atoms with E-state index in [4.69, 9.17) is 18.6 Å². The van der Waals surface area contributed by atoms with E-state index in [0.29, 0.717) is 39.5 Å². The first kappa shape index (κ1) is 32.7. The number of fused-ring (bicyclic) bond motifs is 2. The van der Waals surface area contributed by atoms with Crippen molar-refractivity contribution in [2.24, 2.45) is 0 Å². The van der Waals surface area contributed by atoms with Gasteiger partial charge in [0.1, 0.15) is 28.6 Å². The van der Waals surface area contributed by atoms with Crippen molar-refractivity contribution in [3.63, 3.8) is 0 Å². The van der Waals surface area contributed by atoms with Crippen LogP contribution in [0.1, 0.15) is 39.9 Å². The van der Waals surface area contributed by atoms with Crippen LogP contribution in [0.15, 0.2) is 75.9 Å². The SMILES string of the molecule is COC(=O)CCN(CCC(=O)OC)C(=O)c1ccc(-c2c3ccc(=O)cc-3oc3cc(Oc4cc(C)c(O)c(C)c4)ccc23)c(C)c1. The van der Waals surface area contributed by atoms with Gasteiger partial charge in [0.25, 0.3) is 5.91 Å². The van der Waals surface area contributed by atoms with Crippen molar-refractivity contribution in [2.75, 3.05) is 27.3 Å². The molecule has 3 aromatic rings. The van der Waals surface area contributed by atoms with E-state index in [0.717, 1.165) is 27.6 Å². The number of aryl methyl sites for hydroxylation is 3. The summed E-state index contributed by atoms with van der Waals surface area (Å²) in [5.41, 5.74) is 5.18. The molecular formula is C37H35NO9. The number of hydrogen-bond acceptors (Lipinski definition) is 9. The first-order valence-corrected chi connectivity index (χ1v) is 15.0. The largest absolute Gasteiger partial charge is 0.507 e. The van der Waals surface area contributed by atoms with Crippen LogP contribution in [0.3, 0.4) is 0 Å². The average molecular weight is 638 g/mol. The Morgan fingerprint density at radius 1 is 0.745 bits per heavy atom. The van der Waals surface area contributed by atoms with Gasteiger partial charge in [-0.15, -0.1) is 0 Å². The molecule has 3 aromatic carbocycles. The number of methoxy groups -OCH3 is 2. The van der Waals surface area contributed by atoms with Crippen LogP contribution in [-0.4, -0.2) is 55.2 Å². The molecule has 0 bridgehead atoms. The number of esters is 2. The summed E-state index contributed by atoms with van der Waals surface area (Å²) < 4.78 is 21.8. The van der Waals surface area contributed by atoms with E-state index in [1.807, 2.05) is 25.1 Å². The van der Waals surface area contributed by atoms with Gasteiger partial charge < -0.3 is 28.6 Å². The molecule has 1 aliphatic carbocycles. The van der Waals surface area contributed by atoms with Crippen LogP contribution in [0, 0.1) is 20.8 Å². The Balaban J connectivity index is 1.55. The Morgan fingerprint density at radius 2 is 1.38 bits per heavy atom. The number of amides is 1. The van der Waals surface area contributed by atoms with E-state index in [1.54, 1.807) is 50.2 Å². The van der Waals surface area contributed by atoms with Gasteiger partial charge in [-0.05, 0) is 91.6 Å². The lowest BCUT2D eigenvalue weighted by Gasteiger charge is -2.23. The fourth-order valence-corrected chi connectivity index (χ4v) is 5.55. The van der Waals surface area contributed by atoms with Crippen LogP contribution < -0.4 is 10.2 Å². The summed E-state index contributed by atoms with van der Waals surface area (Å²) >= 11 is 0. The van der Waals surface area contributed by atoms with Gasteiger partial charge in [-0.3, -0.25) is 19.2 Å². The third-order valence-electron chi connectivity index (χ3n) is 8.02. The van der Waals surface area contributed by atoms with Gasteiger partial charge in [0.15, 0.2) is 5.43 Å². The number of aromatic hydroxyl groups is 1. The Morgan fingerprint density at radius 3 is 2.00 bits per heavy atom. The monoisotopic (exact) mass is 637 g/mol. The Bertz CT molecular complexity index is 1980. The van der Waals surface area contributed by atoms with E-state index in [2.05, 4.69) is 0 Å². The zero-order valence-electron chi connectivity index (χ0n) is 26.8. The van der Waals surface area contributed by atoms with E-state index >= 15 is 0 Å². The molecule has 47 heavy (non-hydrogen) atoms. The fraction of sp³-hybridized carbons (Fsp3) is 0.243. The maximum atomic E-state index is 13.6. The number of hydrogen-bond donors (Lipinski definition) is 1. The van der Waals surface area contributed by atoms with E-state index in [-0.39, 0.29) is 43.0 Å². The number of phenols is 1. The first-order chi connectivity index (χ1) is 22.5. The molecule has 5 rings (SSSR count). The minimum atomic E-state index is -0.469. The molecule has 0 saturated heterocycles. The van der Waals surface area contributed by atoms with Crippen molar-refractivity contribution in [1.29, 1.82) is 0 Å². The summed E-state index contributed by atoms with van der Waals surface area (Å²) in [5, 5.41) is 10.9. The fourth-order valence-electron chi connectivity index (χ4n) is 5.55. The maximum absolute atomic E-state index is 13.6. The lowest BCUT2D eigenvalue weighted by atomic mass is 9.90. The van der Waals surface area contributed by atoms with Crippen molar-refractivity contribution in [3.8, 4) is 39.7 Å². The predicted molar refractivity (Wildman–Crippen MR) is 176 cm³/mol. The molecule has 1 N–H and O–H groups in total. The number of nitrogens with zero attached hydrogens (tertiary/aromatic N) is 1. The third-order valence-corrected chi connectivity index (χ3v) is 8.02. The lowest BCUT2D eigenvalue weighted by Crippen LogP contribution is -2.35. The number of benzene rings is 4. The number of carbonyl (C=O) groups excluding carboxylic acids is 3. The normalized spacial score (nSPS) is 11.0. The molecule has 0 saturated carbocycles. The number of ether oxygens (including phenoxy) is 3. The number of rotatable bonds is 10. The summed E-state index contributed by atoms with van der Waals surface area (Å²) in [6, 6.07) is 18.9. The summed E-state index contributed by atoms with van der Waals surface area (Å²) in [6.45, 7) is 5.63. The predicted octanol–water partition coefficient (Wildman–Crippen LogP) is 6.56. The molecule has 0 aromatic heterocycles. The van der Waals surface area contributed by atoms with Crippen LogP contribution >= 0.6 is 0 Å². The molecule has 0 fully saturated rings. The highest BCUT2D eigenvalue weighted by Gasteiger charge is 2.23. The Kier molecular flexibility index (Phi) is 9.60. The van der Waals surface area contributed by atoms with Gasteiger partial charge in [-0.1, -0.05) is 6.07 Å². The topological polar surface area (TPSA) is 133 Å². The Labute approximate surface area is 271 Å². The molecule has 1 heterocycles. The molecule has 0 radical (unpaired) electrons. The number of phenolic OH excluding ortho intramolecular Hbond substituents is 1. The van der Waals surface area contributed by atoms with Gasteiger partial charge in [0.05, 0.1) is 27.1 Å². The van der Waals surface area contributed by atoms with Gasteiger partial charge in [-0.2, -0.15) is 0 Å². The zero-order chi connectivity index (χ0) is 33.8. The average Bonchev–Trinajstić information content (AvgIpc) is 3.05. The van der Waals surface area contributed by atoms with Crippen LogP contribution in [0.25, 0.3) is 33.4 Å². The van der Waals surface area contributed by atoms with Crippen molar-refractivity contribution in [2.45, 2.75) is 33.6 Å². The van der Waals surface area contributed by atoms with Gasteiger partial charge in [0.2, 0.25) is 0 Å². The molecule has 2 aliphatic rings. The Hall–Kier alpha value is -5.64. The second-order valence-corrected chi connectivity index (χ2v) is 11.3. The summed E-state index contributed by atoms with van der Waals surface area (Å²) in [6.07, 6.45) is -0.0450. The van der Waals surface area contributed by atoms with Crippen LogP contribution in [0.4, 0.5) is 0 Å². The molecule has 10 heteroatoms. The molecule has 10 nitrogen and oxygen atoms in total.